The molecular weight excluding hydrogens is 653 g/mol. The fourth-order valence-electron chi connectivity index (χ4n) is 4.69. The lowest BCUT2D eigenvalue weighted by atomic mass is 10.0. The number of carbonyl (C=O) groups excluding carboxylic acids is 2. The van der Waals surface area contributed by atoms with E-state index < -0.39 is 28.5 Å². The van der Waals surface area contributed by atoms with E-state index in [1.165, 1.54) is 29.2 Å². The van der Waals surface area contributed by atoms with Gasteiger partial charge in [-0.1, -0.05) is 96.3 Å². The van der Waals surface area contributed by atoms with Gasteiger partial charge in [0.2, 0.25) is 11.8 Å². The van der Waals surface area contributed by atoms with Crippen LogP contribution in [-0.4, -0.2) is 43.8 Å². The Morgan fingerprint density at radius 2 is 1.42 bits per heavy atom. The van der Waals surface area contributed by atoms with Gasteiger partial charge in [-0.25, -0.2) is 8.42 Å². The first-order valence-electron chi connectivity index (χ1n) is 14.4. The van der Waals surface area contributed by atoms with Crippen LogP contribution >= 0.6 is 34.8 Å². The molecule has 45 heavy (non-hydrogen) atoms. The Balaban J connectivity index is 1.81. The normalized spacial score (nSPS) is 12.6. The van der Waals surface area contributed by atoms with Crippen LogP contribution in [-0.2, 0) is 32.6 Å². The molecule has 0 aliphatic rings. The molecule has 0 aromatic heterocycles. The fraction of sp³-hybridized carbons (Fsp3) is 0.235. The highest BCUT2D eigenvalue weighted by Crippen LogP contribution is 2.28. The molecule has 11 heteroatoms. The molecule has 2 atom stereocenters. The number of anilines is 1. The maximum absolute atomic E-state index is 14.5. The lowest BCUT2D eigenvalue weighted by molar-refractivity contribution is -0.140. The summed E-state index contributed by atoms with van der Waals surface area (Å²) < 4.78 is 29.0. The third-order valence-corrected chi connectivity index (χ3v) is 10.1. The van der Waals surface area contributed by atoms with Crippen LogP contribution < -0.4 is 9.62 Å². The minimum absolute atomic E-state index is 0.0131. The molecule has 0 spiro atoms. The molecule has 236 valence electrons. The van der Waals surface area contributed by atoms with Crippen molar-refractivity contribution in [2.75, 3.05) is 10.8 Å². The second kappa shape index (κ2) is 15.6. The zero-order valence-corrected chi connectivity index (χ0v) is 28.0. The summed E-state index contributed by atoms with van der Waals surface area (Å²) in [6.45, 7) is 3.23. The van der Waals surface area contributed by atoms with Crippen molar-refractivity contribution in [2.24, 2.45) is 0 Å². The maximum atomic E-state index is 14.5. The molecule has 0 aliphatic carbocycles. The average Bonchev–Trinajstić information content (AvgIpc) is 3.04. The van der Waals surface area contributed by atoms with Crippen LogP contribution in [0.5, 0.6) is 0 Å². The SMILES string of the molecule is CC[C@@H](C)NC(=O)[C@@H](Cc1ccccc1)N(Cc1ccc(Cl)c(Cl)c1)C(=O)CN(c1ccc(Cl)cc1)S(=O)(=O)c1ccccc1. The van der Waals surface area contributed by atoms with Crippen LogP contribution in [0.2, 0.25) is 15.1 Å². The van der Waals surface area contributed by atoms with Crippen molar-refractivity contribution in [3.8, 4) is 0 Å². The summed E-state index contributed by atoms with van der Waals surface area (Å²) in [4.78, 5) is 29.8. The van der Waals surface area contributed by atoms with E-state index in [1.54, 1.807) is 48.5 Å². The lowest BCUT2D eigenvalue weighted by Crippen LogP contribution is -2.54. The minimum Gasteiger partial charge on any atom is -0.352 e. The van der Waals surface area contributed by atoms with Gasteiger partial charge < -0.3 is 10.2 Å². The first kappa shape index (κ1) is 34.3. The van der Waals surface area contributed by atoms with E-state index in [1.807, 2.05) is 44.2 Å². The van der Waals surface area contributed by atoms with Crippen molar-refractivity contribution in [3.05, 3.63) is 129 Å². The number of benzene rings is 4. The lowest BCUT2D eigenvalue weighted by Gasteiger charge is -2.34. The van der Waals surface area contributed by atoms with Gasteiger partial charge in [0, 0.05) is 24.0 Å². The Bertz CT molecular complexity index is 1710. The quantitative estimate of drug-likeness (QED) is 0.159. The highest BCUT2D eigenvalue weighted by atomic mass is 35.5. The van der Waals surface area contributed by atoms with Crippen LogP contribution in [0.1, 0.15) is 31.4 Å². The molecule has 0 bridgehead atoms. The van der Waals surface area contributed by atoms with E-state index in [4.69, 9.17) is 34.8 Å². The third kappa shape index (κ3) is 9.01. The largest absolute Gasteiger partial charge is 0.352 e. The van der Waals surface area contributed by atoms with E-state index in [9.17, 15) is 18.0 Å². The zero-order chi connectivity index (χ0) is 32.6. The molecule has 0 saturated carbocycles. The second-order valence-corrected chi connectivity index (χ2v) is 13.7. The topological polar surface area (TPSA) is 86.8 Å². The van der Waals surface area contributed by atoms with Gasteiger partial charge >= 0.3 is 0 Å². The van der Waals surface area contributed by atoms with Crippen molar-refractivity contribution in [3.63, 3.8) is 0 Å². The van der Waals surface area contributed by atoms with E-state index in [0.29, 0.717) is 27.1 Å². The van der Waals surface area contributed by atoms with E-state index in [0.717, 1.165) is 9.87 Å². The number of hydrogen-bond acceptors (Lipinski definition) is 4. The highest BCUT2D eigenvalue weighted by molar-refractivity contribution is 7.92. The standard InChI is InChI=1S/C34H34Cl3N3O4S/c1-3-24(2)38-34(42)32(21-25-10-6-4-7-11-25)39(22-26-14-19-30(36)31(37)20-26)33(41)23-40(28-17-15-27(35)16-18-28)45(43,44)29-12-8-5-9-13-29/h4-20,24,32H,3,21-23H2,1-2H3,(H,38,42)/t24-,32-/m1/s1. The summed E-state index contributed by atoms with van der Waals surface area (Å²) in [5.41, 5.74) is 1.70. The maximum Gasteiger partial charge on any atom is 0.264 e. The predicted molar refractivity (Wildman–Crippen MR) is 181 cm³/mol. The van der Waals surface area contributed by atoms with Crippen molar-refractivity contribution >= 4 is 62.3 Å². The molecule has 7 nitrogen and oxygen atoms in total. The van der Waals surface area contributed by atoms with Crippen molar-refractivity contribution < 1.29 is 18.0 Å². The summed E-state index contributed by atoms with van der Waals surface area (Å²) in [6, 6.07) is 27.2. The molecule has 4 aromatic carbocycles. The number of nitrogens with one attached hydrogen (secondary N) is 1. The summed E-state index contributed by atoms with van der Waals surface area (Å²) in [6.07, 6.45) is 0.882. The van der Waals surface area contributed by atoms with Gasteiger partial charge in [-0.05, 0) is 73.0 Å². The molecule has 0 unspecified atom stereocenters. The van der Waals surface area contributed by atoms with Gasteiger partial charge in [0.1, 0.15) is 12.6 Å². The Morgan fingerprint density at radius 3 is 2.02 bits per heavy atom. The number of nitrogens with zero attached hydrogens (tertiary/aromatic N) is 2. The second-order valence-electron chi connectivity index (χ2n) is 10.6. The van der Waals surface area contributed by atoms with Crippen molar-refractivity contribution in [1.29, 1.82) is 0 Å². The van der Waals surface area contributed by atoms with E-state index in [-0.39, 0.29) is 35.5 Å². The van der Waals surface area contributed by atoms with E-state index >= 15 is 0 Å². The molecule has 0 radical (unpaired) electrons. The van der Waals surface area contributed by atoms with Crippen LogP contribution in [0.25, 0.3) is 0 Å². The molecule has 4 aromatic rings. The van der Waals surface area contributed by atoms with Crippen LogP contribution in [0.15, 0.2) is 108 Å². The van der Waals surface area contributed by atoms with Gasteiger partial charge in [-0.2, -0.15) is 0 Å². The number of carbonyl (C=O) groups is 2. The molecule has 4 rings (SSSR count). The fourth-order valence-corrected chi connectivity index (χ4v) is 6.57. The Kier molecular flexibility index (Phi) is 11.9. The molecule has 0 fully saturated rings. The number of halogens is 3. The Morgan fingerprint density at radius 1 is 0.800 bits per heavy atom. The number of rotatable bonds is 13. The molecule has 0 heterocycles. The molecule has 0 aliphatic heterocycles. The van der Waals surface area contributed by atoms with Gasteiger partial charge in [-0.15, -0.1) is 0 Å². The summed E-state index contributed by atoms with van der Waals surface area (Å²) >= 11 is 18.6. The van der Waals surface area contributed by atoms with Crippen LogP contribution in [0.4, 0.5) is 5.69 Å². The number of amides is 2. The van der Waals surface area contributed by atoms with Gasteiger partial charge in [0.25, 0.3) is 10.0 Å². The van der Waals surface area contributed by atoms with Gasteiger partial charge in [0.15, 0.2) is 0 Å². The first-order chi connectivity index (χ1) is 21.5. The Hall–Kier alpha value is -3.56. The van der Waals surface area contributed by atoms with Crippen molar-refractivity contribution in [1.82, 2.24) is 10.2 Å². The molecule has 0 saturated heterocycles. The smallest absolute Gasteiger partial charge is 0.264 e. The predicted octanol–water partition coefficient (Wildman–Crippen LogP) is 7.40. The number of sulfonamides is 1. The third-order valence-electron chi connectivity index (χ3n) is 7.33. The summed E-state index contributed by atoms with van der Waals surface area (Å²) in [5, 5.41) is 4.06. The Labute approximate surface area is 279 Å². The molecular formula is C34H34Cl3N3O4S. The van der Waals surface area contributed by atoms with Gasteiger partial charge in [-0.3, -0.25) is 13.9 Å². The first-order valence-corrected chi connectivity index (χ1v) is 17.0. The summed E-state index contributed by atoms with van der Waals surface area (Å²) in [7, 11) is -4.20. The molecule has 2 amide bonds. The van der Waals surface area contributed by atoms with Gasteiger partial charge in [0.05, 0.1) is 20.6 Å². The van der Waals surface area contributed by atoms with E-state index in [2.05, 4.69) is 5.32 Å². The van der Waals surface area contributed by atoms with Crippen molar-refractivity contribution in [2.45, 2.75) is 50.2 Å². The average molecular weight is 687 g/mol. The molecule has 1 N–H and O–H groups in total. The highest BCUT2D eigenvalue weighted by Gasteiger charge is 2.35. The minimum atomic E-state index is -4.20. The summed E-state index contributed by atoms with van der Waals surface area (Å²) in [5.74, 6) is -0.943. The van der Waals surface area contributed by atoms with Crippen LogP contribution in [0, 0.1) is 0 Å². The number of hydrogen-bond donors (Lipinski definition) is 1. The monoisotopic (exact) mass is 685 g/mol. The zero-order valence-electron chi connectivity index (χ0n) is 24.9. The van der Waals surface area contributed by atoms with Crippen LogP contribution in [0.3, 0.4) is 0 Å².